The third kappa shape index (κ3) is 3.77. The first-order valence-corrected chi connectivity index (χ1v) is 6.78. The van der Waals surface area contributed by atoms with Crippen molar-refractivity contribution < 1.29 is 4.79 Å². The Morgan fingerprint density at radius 3 is 2.81 bits per heavy atom. The summed E-state index contributed by atoms with van der Waals surface area (Å²) in [5, 5.41) is 7.19. The number of aromatic nitrogens is 4. The zero-order valence-electron chi connectivity index (χ0n) is 12.4. The fourth-order valence-corrected chi connectivity index (χ4v) is 2.16. The van der Waals surface area contributed by atoms with E-state index in [0.29, 0.717) is 6.54 Å². The lowest BCUT2D eigenvalue weighted by molar-refractivity contribution is -0.121. The van der Waals surface area contributed by atoms with E-state index in [0.717, 1.165) is 11.4 Å². The molecule has 2 rings (SSSR count). The van der Waals surface area contributed by atoms with Crippen LogP contribution >= 0.6 is 0 Å². The van der Waals surface area contributed by atoms with Gasteiger partial charge in [0.15, 0.2) is 0 Å². The number of hydrogen-bond acceptors (Lipinski definition) is 4. The number of rotatable bonds is 5. The van der Waals surface area contributed by atoms with Gasteiger partial charge in [-0.15, -0.1) is 0 Å². The lowest BCUT2D eigenvalue weighted by atomic mass is 10.3. The number of hydrogen-bond donors (Lipinski definition) is 1. The van der Waals surface area contributed by atoms with Crippen LogP contribution in [0.5, 0.6) is 0 Å². The lowest BCUT2D eigenvalue weighted by Gasteiger charge is -2.15. The number of nitrogens with zero attached hydrogens (tertiary/aromatic N) is 4. The van der Waals surface area contributed by atoms with Crippen LogP contribution in [0.3, 0.4) is 0 Å². The van der Waals surface area contributed by atoms with Crippen LogP contribution in [0.25, 0.3) is 0 Å². The van der Waals surface area contributed by atoms with E-state index in [1.54, 1.807) is 12.3 Å². The first-order chi connectivity index (χ1) is 9.97. The van der Waals surface area contributed by atoms with Gasteiger partial charge in [-0.05, 0) is 32.9 Å². The molecule has 1 N–H and O–H groups in total. The SMILES string of the molecule is Cc1cc(C)n([C@H](C)CNC(=O)Cn2cccnc2=O)n1. The molecular formula is C14H19N5O2. The zero-order chi connectivity index (χ0) is 15.4. The standard InChI is InChI=1S/C14H19N5O2/c1-10-7-11(2)19(17-10)12(3)8-16-13(20)9-18-6-4-5-15-14(18)21/h4-7,12H,8-9H2,1-3H3,(H,16,20)/t12-/m1/s1. The molecule has 21 heavy (non-hydrogen) atoms. The quantitative estimate of drug-likeness (QED) is 0.865. The van der Waals surface area contributed by atoms with Crippen molar-refractivity contribution in [1.82, 2.24) is 24.6 Å². The maximum atomic E-state index is 11.9. The highest BCUT2D eigenvalue weighted by Crippen LogP contribution is 2.09. The van der Waals surface area contributed by atoms with E-state index < -0.39 is 5.69 Å². The first-order valence-electron chi connectivity index (χ1n) is 6.78. The highest BCUT2D eigenvalue weighted by atomic mass is 16.2. The van der Waals surface area contributed by atoms with Crippen LogP contribution in [-0.2, 0) is 11.3 Å². The molecule has 0 spiro atoms. The summed E-state index contributed by atoms with van der Waals surface area (Å²) in [7, 11) is 0. The molecule has 0 saturated heterocycles. The van der Waals surface area contributed by atoms with E-state index in [4.69, 9.17) is 0 Å². The van der Waals surface area contributed by atoms with Crippen LogP contribution in [0.4, 0.5) is 0 Å². The number of nitrogens with one attached hydrogen (secondary N) is 1. The van der Waals surface area contributed by atoms with E-state index in [-0.39, 0.29) is 18.5 Å². The molecule has 2 aromatic rings. The number of carbonyl (C=O) groups excluding carboxylic acids is 1. The van der Waals surface area contributed by atoms with Gasteiger partial charge < -0.3 is 5.32 Å². The summed E-state index contributed by atoms with van der Waals surface area (Å²) in [6.07, 6.45) is 2.95. The molecule has 2 aromatic heterocycles. The largest absolute Gasteiger partial charge is 0.352 e. The third-order valence-corrected chi connectivity index (χ3v) is 3.15. The van der Waals surface area contributed by atoms with Gasteiger partial charge in [-0.2, -0.15) is 5.10 Å². The normalized spacial score (nSPS) is 12.1. The van der Waals surface area contributed by atoms with Crippen molar-refractivity contribution in [1.29, 1.82) is 0 Å². The molecule has 0 aliphatic heterocycles. The van der Waals surface area contributed by atoms with Crippen LogP contribution in [0.1, 0.15) is 24.4 Å². The number of carbonyl (C=O) groups is 1. The van der Waals surface area contributed by atoms with Crippen molar-refractivity contribution in [3.63, 3.8) is 0 Å². The van der Waals surface area contributed by atoms with Crippen LogP contribution in [-0.4, -0.2) is 31.8 Å². The van der Waals surface area contributed by atoms with Crippen LogP contribution in [0.15, 0.2) is 29.3 Å². The molecule has 1 amide bonds. The fourth-order valence-electron chi connectivity index (χ4n) is 2.16. The second-order valence-corrected chi connectivity index (χ2v) is 5.05. The van der Waals surface area contributed by atoms with Crippen molar-refractivity contribution in [2.45, 2.75) is 33.4 Å². The summed E-state index contributed by atoms with van der Waals surface area (Å²) in [6, 6.07) is 3.66. The van der Waals surface area contributed by atoms with Gasteiger partial charge in [-0.3, -0.25) is 14.0 Å². The third-order valence-electron chi connectivity index (χ3n) is 3.15. The van der Waals surface area contributed by atoms with Gasteiger partial charge in [0.25, 0.3) is 0 Å². The Hall–Kier alpha value is -2.44. The van der Waals surface area contributed by atoms with Gasteiger partial charge in [0, 0.05) is 24.6 Å². The molecule has 0 radical (unpaired) electrons. The predicted octanol–water partition coefficient (Wildman–Crippen LogP) is 0.434. The van der Waals surface area contributed by atoms with E-state index in [1.807, 2.05) is 31.5 Å². The predicted molar refractivity (Wildman–Crippen MR) is 77.9 cm³/mol. The van der Waals surface area contributed by atoms with Crippen LogP contribution in [0, 0.1) is 13.8 Å². The van der Waals surface area contributed by atoms with Crippen molar-refractivity contribution in [3.05, 3.63) is 46.4 Å². The minimum Gasteiger partial charge on any atom is -0.352 e. The van der Waals surface area contributed by atoms with Crippen molar-refractivity contribution >= 4 is 5.91 Å². The summed E-state index contributed by atoms with van der Waals surface area (Å²) in [6.45, 7) is 6.32. The molecule has 7 nitrogen and oxygen atoms in total. The second-order valence-electron chi connectivity index (χ2n) is 5.05. The molecule has 112 valence electrons. The molecule has 1 atom stereocenters. The van der Waals surface area contributed by atoms with Crippen molar-refractivity contribution in [3.8, 4) is 0 Å². The summed E-state index contributed by atoms with van der Waals surface area (Å²) in [5.74, 6) is -0.224. The van der Waals surface area contributed by atoms with Gasteiger partial charge in [0.1, 0.15) is 6.54 Å². The summed E-state index contributed by atoms with van der Waals surface area (Å²) in [5.41, 5.74) is 1.57. The molecule has 0 aliphatic rings. The molecule has 0 aliphatic carbocycles. The monoisotopic (exact) mass is 289 g/mol. The molecule has 0 aromatic carbocycles. The Morgan fingerprint density at radius 2 is 2.19 bits per heavy atom. The molecule has 7 heteroatoms. The number of aryl methyl sites for hydroxylation is 2. The van der Waals surface area contributed by atoms with Gasteiger partial charge in [0.2, 0.25) is 5.91 Å². The van der Waals surface area contributed by atoms with Gasteiger partial charge in [0.05, 0.1) is 11.7 Å². The minimum atomic E-state index is -0.431. The van der Waals surface area contributed by atoms with E-state index in [1.165, 1.54) is 10.8 Å². The van der Waals surface area contributed by atoms with Gasteiger partial charge >= 0.3 is 5.69 Å². The average Bonchev–Trinajstić information content (AvgIpc) is 2.78. The topological polar surface area (TPSA) is 81.8 Å². The van der Waals surface area contributed by atoms with Crippen LogP contribution in [0.2, 0.25) is 0 Å². The van der Waals surface area contributed by atoms with Crippen molar-refractivity contribution in [2.75, 3.05) is 6.54 Å². The van der Waals surface area contributed by atoms with E-state index in [9.17, 15) is 9.59 Å². The van der Waals surface area contributed by atoms with Crippen molar-refractivity contribution in [2.24, 2.45) is 0 Å². The van der Waals surface area contributed by atoms with Gasteiger partial charge in [-0.1, -0.05) is 0 Å². The molecule has 2 heterocycles. The maximum Gasteiger partial charge on any atom is 0.347 e. The molecule has 0 saturated carbocycles. The van der Waals surface area contributed by atoms with E-state index >= 15 is 0 Å². The Balaban J connectivity index is 1.91. The second kappa shape index (κ2) is 6.34. The molecule has 0 fully saturated rings. The fraction of sp³-hybridized carbons (Fsp3) is 0.429. The highest BCUT2D eigenvalue weighted by Gasteiger charge is 2.11. The maximum absolute atomic E-state index is 11.9. The zero-order valence-corrected chi connectivity index (χ0v) is 12.4. The average molecular weight is 289 g/mol. The number of amides is 1. The highest BCUT2D eigenvalue weighted by molar-refractivity contribution is 5.75. The molecule has 0 bridgehead atoms. The Labute approximate surface area is 122 Å². The Kier molecular flexibility index (Phi) is 4.52. The molecule has 0 unspecified atom stereocenters. The summed E-state index contributed by atoms with van der Waals surface area (Å²) in [4.78, 5) is 26.9. The lowest BCUT2D eigenvalue weighted by Crippen LogP contribution is -2.35. The van der Waals surface area contributed by atoms with Crippen LogP contribution < -0.4 is 11.0 Å². The summed E-state index contributed by atoms with van der Waals surface area (Å²) >= 11 is 0. The molecular weight excluding hydrogens is 270 g/mol. The Morgan fingerprint density at radius 1 is 1.43 bits per heavy atom. The Bertz CT molecular complexity index is 689. The van der Waals surface area contributed by atoms with Gasteiger partial charge in [-0.25, -0.2) is 9.78 Å². The van der Waals surface area contributed by atoms with E-state index in [2.05, 4.69) is 15.4 Å². The summed E-state index contributed by atoms with van der Waals surface area (Å²) < 4.78 is 3.15. The minimum absolute atomic E-state index is 0.0312. The smallest absolute Gasteiger partial charge is 0.347 e. The first kappa shape index (κ1) is 15.0.